The van der Waals surface area contributed by atoms with Crippen LogP contribution in [0.5, 0.6) is 0 Å². The SMILES string of the molecule is CC(C)(C)C1=CC2=CC(c3cc[n+](CCCCCCS)cc3)=C3C=C(C(C)(C)C)C=C4C=CC(=C1)[C@]2(C)[C@@]43C. The third kappa shape index (κ3) is 4.71. The molecular formula is C37H48NS+. The van der Waals surface area contributed by atoms with Crippen molar-refractivity contribution in [1.29, 1.82) is 0 Å². The van der Waals surface area contributed by atoms with Gasteiger partial charge in [0.25, 0.3) is 0 Å². The van der Waals surface area contributed by atoms with Crippen LogP contribution in [0.4, 0.5) is 0 Å². The number of aryl methyl sites for hydroxylation is 1. The maximum Gasteiger partial charge on any atom is 0.169 e. The van der Waals surface area contributed by atoms with Gasteiger partial charge in [-0.3, -0.25) is 0 Å². The number of pyridine rings is 1. The molecule has 4 aliphatic carbocycles. The molecule has 1 aromatic rings. The lowest BCUT2D eigenvalue weighted by atomic mass is 9.44. The van der Waals surface area contributed by atoms with E-state index in [4.69, 9.17) is 0 Å². The Kier molecular flexibility index (Phi) is 7.20. The molecule has 0 N–H and O–H groups in total. The first kappa shape index (κ1) is 28.2. The summed E-state index contributed by atoms with van der Waals surface area (Å²) in [6.45, 7) is 20.1. The van der Waals surface area contributed by atoms with Gasteiger partial charge in [0, 0.05) is 29.4 Å². The molecule has 0 radical (unpaired) electrons. The van der Waals surface area contributed by atoms with Crippen molar-refractivity contribution in [2.75, 3.05) is 5.75 Å². The molecule has 1 aromatic heterocycles. The standard InChI is InChI=1S/C37H47NS/c1-34(2,3)29-21-27-13-14-28-22-30(35(4,5)6)25-33-32(24-31(23-29)36(27,7)37(28,33)8)26-15-18-38(19-16-26)17-11-9-10-12-20-39/h13-16,18-19,21-25H,9-12,17,20H2,1-8H3/p+1/t36-,37-/m0/s1. The molecule has 2 heteroatoms. The lowest BCUT2D eigenvalue weighted by Gasteiger charge is -2.58. The number of aromatic nitrogens is 1. The molecule has 206 valence electrons. The van der Waals surface area contributed by atoms with E-state index in [0.29, 0.717) is 0 Å². The molecule has 5 rings (SSSR count). The van der Waals surface area contributed by atoms with Gasteiger partial charge in [-0.2, -0.15) is 12.6 Å². The second kappa shape index (κ2) is 9.95. The van der Waals surface area contributed by atoms with Crippen molar-refractivity contribution in [3.05, 3.63) is 106 Å². The first-order valence-corrected chi connectivity index (χ1v) is 15.6. The van der Waals surface area contributed by atoms with E-state index in [-0.39, 0.29) is 21.7 Å². The summed E-state index contributed by atoms with van der Waals surface area (Å²) in [5.41, 5.74) is 11.3. The molecule has 0 unspecified atom stereocenters. The highest BCUT2D eigenvalue weighted by atomic mass is 32.1. The maximum absolute atomic E-state index is 4.35. The monoisotopic (exact) mass is 538 g/mol. The predicted octanol–water partition coefficient (Wildman–Crippen LogP) is 9.57. The Balaban J connectivity index is 1.66. The minimum absolute atomic E-state index is 0.0832. The van der Waals surface area contributed by atoms with Crippen molar-refractivity contribution < 1.29 is 4.57 Å². The summed E-state index contributed by atoms with van der Waals surface area (Å²) in [7, 11) is 0. The molecule has 0 amide bonds. The molecule has 0 fully saturated rings. The van der Waals surface area contributed by atoms with Crippen molar-refractivity contribution in [3.8, 4) is 0 Å². The van der Waals surface area contributed by atoms with Crippen molar-refractivity contribution in [2.24, 2.45) is 21.7 Å². The summed E-state index contributed by atoms with van der Waals surface area (Å²) in [4.78, 5) is 0. The predicted molar refractivity (Wildman–Crippen MR) is 171 cm³/mol. The van der Waals surface area contributed by atoms with Crippen LogP contribution in [0.2, 0.25) is 0 Å². The van der Waals surface area contributed by atoms with Crippen molar-refractivity contribution in [2.45, 2.75) is 87.6 Å². The van der Waals surface area contributed by atoms with Gasteiger partial charge in [0.1, 0.15) is 6.54 Å². The molecule has 1 nitrogen and oxygen atoms in total. The van der Waals surface area contributed by atoms with Gasteiger partial charge in [0.2, 0.25) is 0 Å². The van der Waals surface area contributed by atoms with E-state index in [0.717, 1.165) is 12.3 Å². The van der Waals surface area contributed by atoms with Gasteiger partial charge >= 0.3 is 0 Å². The highest BCUT2D eigenvalue weighted by Crippen LogP contribution is 2.68. The van der Waals surface area contributed by atoms with Crippen LogP contribution in [-0.4, -0.2) is 5.75 Å². The highest BCUT2D eigenvalue weighted by molar-refractivity contribution is 7.80. The van der Waals surface area contributed by atoms with E-state index in [1.54, 1.807) is 0 Å². The Bertz CT molecular complexity index is 1370. The molecule has 39 heavy (non-hydrogen) atoms. The Labute approximate surface area is 243 Å². The van der Waals surface area contributed by atoms with Gasteiger partial charge in [0.05, 0.1) is 0 Å². The molecule has 2 atom stereocenters. The topological polar surface area (TPSA) is 3.88 Å². The summed E-state index contributed by atoms with van der Waals surface area (Å²) < 4.78 is 2.35. The average molecular weight is 539 g/mol. The highest BCUT2D eigenvalue weighted by Gasteiger charge is 2.58. The minimum atomic E-state index is -0.125. The number of rotatable bonds is 7. The Morgan fingerprint density at radius 3 is 1.82 bits per heavy atom. The van der Waals surface area contributed by atoms with E-state index < -0.39 is 0 Å². The van der Waals surface area contributed by atoms with Gasteiger partial charge in [-0.05, 0) is 80.1 Å². The largest absolute Gasteiger partial charge is 0.205 e. The van der Waals surface area contributed by atoms with Crippen LogP contribution >= 0.6 is 12.6 Å². The second-order valence-electron chi connectivity index (χ2n) is 14.4. The van der Waals surface area contributed by atoms with Crippen LogP contribution in [0.1, 0.15) is 86.6 Å². The number of hydrogen-bond donors (Lipinski definition) is 1. The van der Waals surface area contributed by atoms with Gasteiger partial charge in [-0.1, -0.05) is 98.3 Å². The molecule has 0 saturated heterocycles. The first-order chi connectivity index (χ1) is 18.3. The number of unbranched alkanes of at least 4 members (excludes halogenated alkanes) is 3. The summed E-state index contributed by atoms with van der Waals surface area (Å²) in [6, 6.07) is 4.68. The average Bonchev–Trinajstić information content (AvgIpc) is 2.86. The fraction of sp³-hybridized carbons (Fsp3) is 0.486. The maximum atomic E-state index is 4.35. The number of hydrogen-bond acceptors (Lipinski definition) is 1. The number of thiol groups is 1. The fourth-order valence-electron chi connectivity index (χ4n) is 6.80. The third-order valence-electron chi connectivity index (χ3n) is 9.79. The minimum Gasteiger partial charge on any atom is -0.205 e. The van der Waals surface area contributed by atoms with E-state index in [2.05, 4.69) is 140 Å². The molecule has 0 aliphatic heterocycles. The molecule has 0 bridgehead atoms. The molecule has 4 aliphatic rings. The summed E-state index contributed by atoms with van der Waals surface area (Å²) >= 11 is 4.35. The quantitative estimate of drug-likeness (QED) is 0.200. The second-order valence-corrected chi connectivity index (χ2v) is 14.8. The Morgan fingerprint density at radius 1 is 0.667 bits per heavy atom. The summed E-state index contributed by atoms with van der Waals surface area (Å²) in [5.74, 6) is 0.995. The Hall–Kier alpha value is -2.32. The molecular weight excluding hydrogens is 490 g/mol. The smallest absolute Gasteiger partial charge is 0.169 e. The van der Waals surface area contributed by atoms with Crippen molar-refractivity contribution >= 4 is 18.2 Å². The summed E-state index contributed by atoms with van der Waals surface area (Å²) in [6.07, 6.45) is 26.9. The fourth-order valence-corrected chi connectivity index (χ4v) is 7.03. The Morgan fingerprint density at radius 2 is 1.23 bits per heavy atom. The van der Waals surface area contributed by atoms with Gasteiger partial charge < -0.3 is 0 Å². The van der Waals surface area contributed by atoms with Crippen LogP contribution in [0.3, 0.4) is 0 Å². The van der Waals surface area contributed by atoms with Gasteiger partial charge in [-0.25, -0.2) is 4.57 Å². The lowest BCUT2D eigenvalue weighted by Crippen LogP contribution is -2.48. The first-order valence-electron chi connectivity index (χ1n) is 14.9. The van der Waals surface area contributed by atoms with Crippen LogP contribution < -0.4 is 4.57 Å². The van der Waals surface area contributed by atoms with Gasteiger partial charge in [-0.15, -0.1) is 0 Å². The van der Waals surface area contributed by atoms with Crippen LogP contribution in [-0.2, 0) is 6.54 Å². The van der Waals surface area contributed by atoms with Gasteiger partial charge in [0.15, 0.2) is 12.4 Å². The normalized spacial score (nSPS) is 25.9. The van der Waals surface area contributed by atoms with Crippen LogP contribution in [0.15, 0.2) is 100 Å². The molecule has 0 spiro atoms. The van der Waals surface area contributed by atoms with E-state index in [1.165, 1.54) is 70.3 Å². The molecule has 0 saturated carbocycles. The van der Waals surface area contributed by atoms with Crippen molar-refractivity contribution in [1.82, 2.24) is 0 Å². The van der Waals surface area contributed by atoms with E-state index in [9.17, 15) is 0 Å². The van der Waals surface area contributed by atoms with Crippen molar-refractivity contribution in [3.63, 3.8) is 0 Å². The molecule has 1 heterocycles. The zero-order valence-electron chi connectivity index (χ0n) is 25.5. The number of nitrogens with zero attached hydrogens (tertiary/aromatic N) is 1. The van der Waals surface area contributed by atoms with E-state index in [1.807, 2.05) is 0 Å². The molecule has 0 aromatic carbocycles. The van der Waals surface area contributed by atoms with Crippen LogP contribution in [0.25, 0.3) is 5.57 Å². The summed E-state index contributed by atoms with van der Waals surface area (Å²) in [5, 5.41) is 0. The zero-order valence-corrected chi connectivity index (χ0v) is 26.4. The zero-order chi connectivity index (χ0) is 28.2. The van der Waals surface area contributed by atoms with E-state index >= 15 is 0 Å². The third-order valence-corrected chi connectivity index (χ3v) is 10.1. The number of allylic oxidation sites excluding steroid dienone is 14. The van der Waals surface area contributed by atoms with Crippen LogP contribution in [0, 0.1) is 21.7 Å². The lowest BCUT2D eigenvalue weighted by molar-refractivity contribution is -0.697.